The summed E-state index contributed by atoms with van der Waals surface area (Å²) in [7, 11) is 1.62. The van der Waals surface area contributed by atoms with Crippen molar-refractivity contribution in [1.29, 1.82) is 0 Å². The summed E-state index contributed by atoms with van der Waals surface area (Å²) in [5.74, 6) is 0. The minimum absolute atomic E-state index is 0.137. The zero-order chi connectivity index (χ0) is 9.28. The fraction of sp³-hybridized carbons (Fsp3) is 1.00. The molecule has 0 fully saturated rings. The number of hydrogen-bond donors (Lipinski definition) is 1. The molecule has 0 saturated carbocycles. The van der Waals surface area contributed by atoms with E-state index in [1.807, 2.05) is 27.7 Å². The van der Waals surface area contributed by atoms with Crippen LogP contribution >= 0.6 is 0 Å². The van der Waals surface area contributed by atoms with Gasteiger partial charge in [-0.3, -0.25) is 0 Å². The van der Waals surface area contributed by atoms with E-state index in [9.17, 15) is 5.11 Å². The van der Waals surface area contributed by atoms with Crippen LogP contribution in [0.25, 0.3) is 0 Å². The average molecular weight is 160 g/mol. The summed E-state index contributed by atoms with van der Waals surface area (Å²) < 4.78 is 5.09. The maximum atomic E-state index is 9.99. The molecule has 0 spiro atoms. The fourth-order valence-electron chi connectivity index (χ4n) is 0.839. The monoisotopic (exact) mass is 160 g/mol. The standard InChI is InChI=1S/C9H20O2/c1-7(11-6)9(5,10)8(2,3)4/h7,10H,1-6H3. The molecule has 0 aromatic carbocycles. The summed E-state index contributed by atoms with van der Waals surface area (Å²) in [5, 5.41) is 9.99. The van der Waals surface area contributed by atoms with Gasteiger partial charge in [0.15, 0.2) is 0 Å². The molecule has 0 aromatic heterocycles. The normalized spacial score (nSPS) is 21.0. The van der Waals surface area contributed by atoms with E-state index in [0.29, 0.717) is 0 Å². The van der Waals surface area contributed by atoms with Gasteiger partial charge in [-0.25, -0.2) is 0 Å². The highest BCUT2D eigenvalue weighted by atomic mass is 16.5. The topological polar surface area (TPSA) is 29.5 Å². The first-order valence-electron chi connectivity index (χ1n) is 3.98. The Morgan fingerprint density at radius 1 is 1.18 bits per heavy atom. The van der Waals surface area contributed by atoms with Crippen LogP contribution in [0.1, 0.15) is 34.6 Å². The highest BCUT2D eigenvalue weighted by molar-refractivity contribution is 4.91. The summed E-state index contributed by atoms with van der Waals surface area (Å²) >= 11 is 0. The molecule has 1 N–H and O–H groups in total. The molecule has 0 aliphatic rings. The van der Waals surface area contributed by atoms with E-state index in [2.05, 4.69) is 0 Å². The second-order valence-corrected chi connectivity index (χ2v) is 4.28. The van der Waals surface area contributed by atoms with Gasteiger partial charge in [0.1, 0.15) is 0 Å². The SMILES string of the molecule is COC(C)C(C)(O)C(C)(C)C. The highest BCUT2D eigenvalue weighted by Gasteiger charge is 2.40. The van der Waals surface area contributed by atoms with Crippen molar-refractivity contribution in [3.05, 3.63) is 0 Å². The minimum atomic E-state index is -0.776. The van der Waals surface area contributed by atoms with Crippen molar-refractivity contribution in [2.45, 2.75) is 46.3 Å². The van der Waals surface area contributed by atoms with Crippen LogP contribution in [-0.2, 0) is 4.74 Å². The van der Waals surface area contributed by atoms with Gasteiger partial charge in [-0.05, 0) is 19.3 Å². The Balaban J connectivity index is 4.45. The second-order valence-electron chi connectivity index (χ2n) is 4.28. The first-order chi connectivity index (χ1) is 4.73. The van der Waals surface area contributed by atoms with Crippen LogP contribution in [0.5, 0.6) is 0 Å². The smallest absolute Gasteiger partial charge is 0.0925 e. The molecule has 0 radical (unpaired) electrons. The van der Waals surface area contributed by atoms with Gasteiger partial charge < -0.3 is 9.84 Å². The quantitative estimate of drug-likeness (QED) is 0.667. The Morgan fingerprint density at radius 3 is 1.64 bits per heavy atom. The van der Waals surface area contributed by atoms with Gasteiger partial charge in [0, 0.05) is 7.11 Å². The van der Waals surface area contributed by atoms with Crippen molar-refractivity contribution in [3.8, 4) is 0 Å². The van der Waals surface area contributed by atoms with Crippen LogP contribution in [0.2, 0.25) is 0 Å². The Bertz CT molecular complexity index is 122. The number of rotatable bonds is 2. The maximum Gasteiger partial charge on any atom is 0.0925 e. The second kappa shape index (κ2) is 3.11. The van der Waals surface area contributed by atoms with E-state index in [-0.39, 0.29) is 11.5 Å². The molecule has 0 bridgehead atoms. The lowest BCUT2D eigenvalue weighted by Crippen LogP contribution is -2.49. The molecule has 11 heavy (non-hydrogen) atoms. The highest BCUT2D eigenvalue weighted by Crippen LogP contribution is 2.33. The van der Waals surface area contributed by atoms with E-state index in [4.69, 9.17) is 4.74 Å². The van der Waals surface area contributed by atoms with Gasteiger partial charge in [-0.2, -0.15) is 0 Å². The van der Waals surface area contributed by atoms with Crippen molar-refractivity contribution in [2.24, 2.45) is 5.41 Å². The largest absolute Gasteiger partial charge is 0.387 e. The van der Waals surface area contributed by atoms with Crippen molar-refractivity contribution in [3.63, 3.8) is 0 Å². The van der Waals surface area contributed by atoms with Gasteiger partial charge in [0.25, 0.3) is 0 Å². The lowest BCUT2D eigenvalue weighted by Gasteiger charge is -2.40. The van der Waals surface area contributed by atoms with Crippen molar-refractivity contribution in [2.75, 3.05) is 7.11 Å². The lowest BCUT2D eigenvalue weighted by atomic mass is 9.75. The van der Waals surface area contributed by atoms with Crippen LogP contribution in [0.15, 0.2) is 0 Å². The third kappa shape index (κ3) is 2.17. The van der Waals surface area contributed by atoms with E-state index >= 15 is 0 Å². The molecule has 0 aliphatic heterocycles. The molecule has 2 atom stereocenters. The average Bonchev–Trinajstić information content (AvgIpc) is 1.83. The molecule has 0 aliphatic carbocycles. The van der Waals surface area contributed by atoms with E-state index in [0.717, 1.165) is 0 Å². The Morgan fingerprint density at radius 2 is 1.55 bits per heavy atom. The number of methoxy groups -OCH3 is 1. The van der Waals surface area contributed by atoms with Gasteiger partial charge in [-0.15, -0.1) is 0 Å². The molecule has 0 heterocycles. The predicted octanol–water partition coefficient (Wildman–Crippen LogP) is 1.82. The van der Waals surface area contributed by atoms with Crippen LogP contribution in [0.4, 0.5) is 0 Å². The van der Waals surface area contributed by atoms with Gasteiger partial charge in [0.05, 0.1) is 11.7 Å². The molecule has 2 nitrogen and oxygen atoms in total. The summed E-state index contributed by atoms with van der Waals surface area (Å²) in [6.45, 7) is 9.69. The van der Waals surface area contributed by atoms with E-state index in [1.165, 1.54) is 0 Å². The Hall–Kier alpha value is -0.0800. The summed E-state index contributed by atoms with van der Waals surface area (Å²) in [4.78, 5) is 0. The number of hydrogen-bond acceptors (Lipinski definition) is 2. The zero-order valence-electron chi connectivity index (χ0n) is 8.43. The zero-order valence-corrected chi connectivity index (χ0v) is 8.43. The molecule has 0 saturated heterocycles. The molecule has 0 amide bonds. The van der Waals surface area contributed by atoms with Crippen LogP contribution < -0.4 is 0 Å². The summed E-state index contributed by atoms with van der Waals surface area (Å²) in [6.07, 6.45) is -0.137. The Labute approximate surface area is 69.6 Å². The number of aliphatic hydroxyl groups is 1. The van der Waals surface area contributed by atoms with Crippen molar-refractivity contribution < 1.29 is 9.84 Å². The third-order valence-corrected chi connectivity index (χ3v) is 2.66. The third-order valence-electron chi connectivity index (χ3n) is 2.66. The molecular weight excluding hydrogens is 140 g/mol. The lowest BCUT2D eigenvalue weighted by molar-refractivity contribution is -0.134. The molecule has 68 valence electrons. The van der Waals surface area contributed by atoms with Crippen LogP contribution in [0, 0.1) is 5.41 Å². The molecule has 2 unspecified atom stereocenters. The van der Waals surface area contributed by atoms with E-state index < -0.39 is 5.60 Å². The van der Waals surface area contributed by atoms with Gasteiger partial charge >= 0.3 is 0 Å². The Kier molecular flexibility index (Phi) is 3.09. The molecular formula is C9H20O2. The van der Waals surface area contributed by atoms with Crippen molar-refractivity contribution >= 4 is 0 Å². The van der Waals surface area contributed by atoms with Crippen molar-refractivity contribution in [1.82, 2.24) is 0 Å². The molecule has 0 aromatic rings. The summed E-state index contributed by atoms with van der Waals surface area (Å²) in [5.41, 5.74) is -0.926. The number of ether oxygens (including phenoxy) is 1. The van der Waals surface area contributed by atoms with E-state index in [1.54, 1.807) is 14.0 Å². The fourth-order valence-corrected chi connectivity index (χ4v) is 0.839. The van der Waals surface area contributed by atoms with Crippen LogP contribution in [0.3, 0.4) is 0 Å². The predicted molar refractivity (Wildman–Crippen MR) is 46.5 cm³/mol. The molecule has 2 heteroatoms. The maximum absolute atomic E-state index is 9.99. The van der Waals surface area contributed by atoms with Crippen LogP contribution in [-0.4, -0.2) is 23.9 Å². The first kappa shape index (κ1) is 10.9. The minimum Gasteiger partial charge on any atom is -0.387 e. The van der Waals surface area contributed by atoms with Gasteiger partial charge in [0.2, 0.25) is 0 Å². The van der Waals surface area contributed by atoms with Gasteiger partial charge in [-0.1, -0.05) is 20.8 Å². The molecule has 0 rings (SSSR count). The first-order valence-corrected chi connectivity index (χ1v) is 3.98. The summed E-state index contributed by atoms with van der Waals surface area (Å²) in [6, 6.07) is 0.